The Hall–Kier alpha value is -4.06. The van der Waals surface area contributed by atoms with Crippen LogP contribution in [-0.2, 0) is 22.9 Å². The lowest BCUT2D eigenvalue weighted by molar-refractivity contribution is -0.137. The summed E-state index contributed by atoms with van der Waals surface area (Å²) < 4.78 is 47.6. The molecule has 44 heavy (non-hydrogen) atoms. The van der Waals surface area contributed by atoms with Crippen LogP contribution in [0.4, 0.5) is 42.0 Å². The molecule has 0 radical (unpaired) electrons. The summed E-state index contributed by atoms with van der Waals surface area (Å²) >= 11 is 0. The van der Waals surface area contributed by atoms with Crippen molar-refractivity contribution in [1.29, 1.82) is 0 Å². The fourth-order valence-electron chi connectivity index (χ4n) is 6.51. The van der Waals surface area contributed by atoms with Crippen LogP contribution in [0, 0.1) is 0 Å². The Balaban J connectivity index is 1.21. The van der Waals surface area contributed by atoms with Gasteiger partial charge in [0.25, 0.3) is 0 Å². The third-order valence-corrected chi connectivity index (χ3v) is 9.15. The highest BCUT2D eigenvalue weighted by molar-refractivity contribution is 6.06. The van der Waals surface area contributed by atoms with Gasteiger partial charge in [0, 0.05) is 61.9 Å². The molecule has 0 bridgehead atoms. The minimum Gasteiger partial charge on any atom is -0.494 e. The number of amides is 1. The van der Waals surface area contributed by atoms with E-state index in [1.807, 2.05) is 18.2 Å². The zero-order chi connectivity index (χ0) is 31.2. The van der Waals surface area contributed by atoms with Crippen LogP contribution in [0.2, 0.25) is 0 Å². The first kappa shape index (κ1) is 30.0. The minimum absolute atomic E-state index is 0.00949. The van der Waals surface area contributed by atoms with Gasteiger partial charge in [0.05, 0.1) is 18.2 Å². The Morgan fingerprint density at radius 2 is 1.95 bits per heavy atom. The van der Waals surface area contributed by atoms with Crippen LogP contribution in [0.15, 0.2) is 42.6 Å². The number of methoxy groups -OCH3 is 1. The number of fused-ring (bicyclic) bond motifs is 1. The number of alkyl halides is 3. The lowest BCUT2D eigenvalue weighted by Gasteiger charge is -2.47. The maximum absolute atomic E-state index is 14.0. The smallest absolute Gasteiger partial charge is 0.421 e. The number of rotatable bonds is 8. The van der Waals surface area contributed by atoms with Gasteiger partial charge in [0.1, 0.15) is 17.1 Å². The summed E-state index contributed by atoms with van der Waals surface area (Å²) in [6.07, 6.45) is -0.0167. The third-order valence-electron chi connectivity index (χ3n) is 9.15. The molecule has 12 heteroatoms. The van der Waals surface area contributed by atoms with E-state index in [0.717, 1.165) is 37.1 Å². The van der Waals surface area contributed by atoms with E-state index in [-0.39, 0.29) is 24.2 Å². The van der Waals surface area contributed by atoms with Crippen molar-refractivity contribution < 1.29 is 22.7 Å². The summed E-state index contributed by atoms with van der Waals surface area (Å²) in [6, 6.07) is 12.2. The minimum atomic E-state index is -4.67. The molecule has 3 aromatic rings. The Bertz CT molecular complexity index is 1560. The largest absolute Gasteiger partial charge is 0.494 e. The van der Waals surface area contributed by atoms with Crippen LogP contribution in [0.5, 0.6) is 5.75 Å². The number of hydrogen-bond donors (Lipinski definition) is 3. The first-order valence-electron chi connectivity index (χ1n) is 15.0. The summed E-state index contributed by atoms with van der Waals surface area (Å²) in [5.41, 5.74) is 1.87. The van der Waals surface area contributed by atoms with E-state index in [1.54, 1.807) is 39.2 Å². The molecule has 0 spiro atoms. The monoisotopic (exact) mass is 609 g/mol. The van der Waals surface area contributed by atoms with E-state index in [9.17, 15) is 18.0 Å². The fraction of sp³-hybridized carbons (Fsp3) is 0.469. The molecule has 2 aromatic carbocycles. The van der Waals surface area contributed by atoms with Crippen molar-refractivity contribution in [3.63, 3.8) is 0 Å². The maximum atomic E-state index is 14.0. The summed E-state index contributed by atoms with van der Waals surface area (Å²) in [7, 11) is 1.56. The number of nitrogens with one attached hydrogen (secondary N) is 3. The van der Waals surface area contributed by atoms with Gasteiger partial charge in [-0.05, 0) is 62.9 Å². The van der Waals surface area contributed by atoms with Crippen LogP contribution in [0.25, 0.3) is 0 Å². The molecular weight excluding hydrogens is 571 g/mol. The molecule has 1 amide bonds. The predicted molar refractivity (Wildman–Crippen MR) is 165 cm³/mol. The van der Waals surface area contributed by atoms with Crippen molar-refractivity contribution in [1.82, 2.24) is 14.9 Å². The topological polar surface area (TPSA) is 94.7 Å². The molecule has 1 atom stereocenters. The van der Waals surface area contributed by atoms with Gasteiger partial charge < -0.3 is 25.6 Å². The Kier molecular flexibility index (Phi) is 7.81. The average molecular weight is 610 g/mol. The molecule has 6 rings (SSSR count). The van der Waals surface area contributed by atoms with Gasteiger partial charge >= 0.3 is 6.18 Å². The molecule has 1 saturated heterocycles. The Labute approximate surface area is 255 Å². The average Bonchev–Trinajstić information content (AvgIpc) is 3.19. The van der Waals surface area contributed by atoms with Crippen molar-refractivity contribution in [2.75, 3.05) is 47.6 Å². The zero-order valence-electron chi connectivity index (χ0n) is 25.4. The molecule has 3 aliphatic rings. The third kappa shape index (κ3) is 5.62. The van der Waals surface area contributed by atoms with Crippen LogP contribution >= 0.6 is 0 Å². The number of halogens is 3. The Morgan fingerprint density at radius 1 is 1.16 bits per heavy atom. The van der Waals surface area contributed by atoms with Crippen molar-refractivity contribution in [3.05, 3.63) is 59.3 Å². The molecule has 1 aliphatic carbocycles. The van der Waals surface area contributed by atoms with E-state index in [1.165, 1.54) is 19.3 Å². The molecule has 0 unspecified atom stereocenters. The van der Waals surface area contributed by atoms with Crippen LogP contribution in [-0.4, -0.2) is 59.6 Å². The molecule has 234 valence electrons. The van der Waals surface area contributed by atoms with Gasteiger partial charge in [-0.1, -0.05) is 18.6 Å². The number of benzene rings is 2. The fourth-order valence-corrected chi connectivity index (χ4v) is 6.51. The standard InChI is InChI=1S/C32H38F3N7O2/c1-19-18-41(13-14-42(19)21-8-6-9-21)22-11-12-24(26(15-22)44-4)39-30-37-17-23(32(33,34)35)28(40-30)36-16-20-7-5-10-25-27(20)31(2,3)29(43)38-25/h5,7,10-12,15,17,19,21H,6,8-9,13-14,16,18H2,1-4H3,(H,38,43)(H2,36,37,39,40)/t19-/m1/s1. The van der Waals surface area contributed by atoms with Gasteiger partial charge in [-0.3, -0.25) is 9.69 Å². The number of anilines is 5. The number of ether oxygens (including phenoxy) is 1. The molecule has 1 saturated carbocycles. The highest BCUT2D eigenvalue weighted by atomic mass is 19.4. The maximum Gasteiger partial charge on any atom is 0.421 e. The number of carbonyl (C=O) groups excluding carboxylic acids is 1. The lowest BCUT2D eigenvalue weighted by atomic mass is 9.83. The van der Waals surface area contributed by atoms with E-state index in [4.69, 9.17) is 4.74 Å². The molecule has 3 heterocycles. The number of carbonyl (C=O) groups is 1. The molecule has 3 N–H and O–H groups in total. The number of aromatic nitrogens is 2. The molecule has 2 aliphatic heterocycles. The van der Waals surface area contributed by atoms with Gasteiger partial charge in [-0.25, -0.2) is 4.98 Å². The predicted octanol–water partition coefficient (Wildman–Crippen LogP) is 6.15. The van der Waals surface area contributed by atoms with Gasteiger partial charge in [-0.15, -0.1) is 0 Å². The SMILES string of the molecule is COc1cc(N2CCN(C3CCC3)[C@H](C)C2)ccc1Nc1ncc(C(F)(F)F)c(NCc2cccc3c2C(C)(C)C(=O)N3)n1. The molecule has 1 aromatic heterocycles. The van der Waals surface area contributed by atoms with Crippen LogP contribution < -0.4 is 25.6 Å². The molecular formula is C32H38F3N7O2. The molecule has 9 nitrogen and oxygen atoms in total. The second-order valence-corrected chi connectivity index (χ2v) is 12.4. The van der Waals surface area contributed by atoms with Crippen LogP contribution in [0.1, 0.15) is 56.7 Å². The first-order chi connectivity index (χ1) is 21.0. The van der Waals surface area contributed by atoms with Crippen molar-refractivity contribution in [2.24, 2.45) is 0 Å². The summed E-state index contributed by atoms with van der Waals surface area (Å²) in [5, 5.41) is 8.75. The molecule has 2 fully saturated rings. The van der Waals surface area contributed by atoms with Gasteiger partial charge in [-0.2, -0.15) is 18.2 Å². The first-order valence-corrected chi connectivity index (χ1v) is 15.0. The Morgan fingerprint density at radius 3 is 2.64 bits per heavy atom. The van der Waals surface area contributed by atoms with E-state index < -0.39 is 17.2 Å². The van der Waals surface area contributed by atoms with Crippen molar-refractivity contribution in [2.45, 2.75) is 70.3 Å². The lowest BCUT2D eigenvalue weighted by Crippen LogP contribution is -2.57. The second kappa shape index (κ2) is 11.5. The van der Waals surface area contributed by atoms with Crippen LogP contribution in [0.3, 0.4) is 0 Å². The van der Waals surface area contributed by atoms with Gasteiger partial charge in [0.15, 0.2) is 0 Å². The summed E-state index contributed by atoms with van der Waals surface area (Å²) in [4.78, 5) is 25.6. The van der Waals surface area contributed by atoms with Gasteiger partial charge in [0.2, 0.25) is 11.9 Å². The quantitative estimate of drug-likeness (QED) is 0.280. The highest BCUT2D eigenvalue weighted by Crippen LogP contribution is 2.41. The van der Waals surface area contributed by atoms with Crippen molar-refractivity contribution in [3.8, 4) is 5.75 Å². The summed E-state index contributed by atoms with van der Waals surface area (Å²) in [6.45, 7) is 8.73. The van der Waals surface area contributed by atoms with E-state index >= 15 is 0 Å². The second-order valence-electron chi connectivity index (χ2n) is 12.4. The number of nitrogens with zero attached hydrogens (tertiary/aromatic N) is 4. The normalized spacial score (nSPS) is 20.1. The van der Waals surface area contributed by atoms with E-state index in [0.29, 0.717) is 34.8 Å². The van der Waals surface area contributed by atoms with E-state index in [2.05, 4.69) is 42.6 Å². The van der Waals surface area contributed by atoms with Crippen molar-refractivity contribution >= 4 is 34.7 Å². The zero-order valence-corrected chi connectivity index (χ0v) is 25.4. The highest BCUT2D eigenvalue weighted by Gasteiger charge is 2.40. The number of hydrogen-bond acceptors (Lipinski definition) is 8. The summed E-state index contributed by atoms with van der Waals surface area (Å²) in [5.74, 6) is 0.00466. The number of piperazine rings is 1.